The van der Waals surface area contributed by atoms with Crippen molar-refractivity contribution in [1.82, 2.24) is 9.62 Å². The fraction of sp³-hybridized carbons (Fsp3) is 0.389. The maximum Gasteiger partial charge on any atom is 0.287 e. The normalized spacial score (nSPS) is 13.0. The molecule has 1 heterocycles. The number of hydrogen-bond donors (Lipinski definition) is 1. The third-order valence-electron chi connectivity index (χ3n) is 3.98. The Morgan fingerprint density at radius 3 is 2.44 bits per heavy atom. The first-order chi connectivity index (χ1) is 11.7. The molecule has 0 unspecified atom stereocenters. The number of nitrogens with one attached hydrogen (secondary N) is 1. The van der Waals surface area contributed by atoms with Crippen molar-refractivity contribution in [3.63, 3.8) is 0 Å². The number of nitrogens with zero attached hydrogens (tertiary/aromatic N) is 1. The van der Waals surface area contributed by atoms with E-state index in [-0.39, 0.29) is 29.1 Å². The summed E-state index contributed by atoms with van der Waals surface area (Å²) < 4.78 is 31.9. The Balaban J connectivity index is 2.09. The summed E-state index contributed by atoms with van der Waals surface area (Å²) in [6.45, 7) is 5.83. The summed E-state index contributed by atoms with van der Waals surface area (Å²) >= 11 is 0. The standard InChI is InChI=1S/C18H24N2O4S/c1-5-14(3)19-18(21)17-11-8-15(24-17)12-20(4)25(22,23)16-9-6-13(2)7-10-16/h6-11,14H,5,12H2,1-4H3,(H,19,21)/t14-/m0/s1. The molecule has 1 aromatic carbocycles. The first-order valence-electron chi connectivity index (χ1n) is 8.16. The highest BCUT2D eigenvalue weighted by Gasteiger charge is 2.22. The molecule has 0 aliphatic rings. The molecular formula is C18H24N2O4S. The zero-order chi connectivity index (χ0) is 18.6. The van der Waals surface area contributed by atoms with Gasteiger partial charge in [0.05, 0.1) is 11.4 Å². The van der Waals surface area contributed by atoms with E-state index in [1.807, 2.05) is 20.8 Å². The number of sulfonamides is 1. The smallest absolute Gasteiger partial charge is 0.287 e. The number of benzene rings is 1. The van der Waals surface area contributed by atoms with Crippen LogP contribution in [0.25, 0.3) is 0 Å². The highest BCUT2D eigenvalue weighted by molar-refractivity contribution is 7.89. The molecule has 2 rings (SSSR count). The van der Waals surface area contributed by atoms with Crippen LogP contribution >= 0.6 is 0 Å². The monoisotopic (exact) mass is 364 g/mol. The number of aryl methyl sites for hydroxylation is 1. The van der Waals surface area contributed by atoms with E-state index in [1.54, 1.807) is 36.4 Å². The molecule has 1 amide bonds. The van der Waals surface area contributed by atoms with Crippen molar-refractivity contribution in [2.75, 3.05) is 7.05 Å². The highest BCUT2D eigenvalue weighted by Crippen LogP contribution is 2.18. The summed E-state index contributed by atoms with van der Waals surface area (Å²) in [5, 5.41) is 2.81. The molecule has 25 heavy (non-hydrogen) atoms. The molecule has 0 saturated heterocycles. The van der Waals surface area contributed by atoms with Gasteiger partial charge in [0.15, 0.2) is 5.76 Å². The van der Waals surface area contributed by atoms with E-state index in [1.165, 1.54) is 11.4 Å². The topological polar surface area (TPSA) is 79.6 Å². The first kappa shape index (κ1) is 19.2. The second-order valence-electron chi connectivity index (χ2n) is 6.12. The van der Waals surface area contributed by atoms with E-state index in [0.29, 0.717) is 5.76 Å². The predicted octanol–water partition coefficient (Wildman–Crippen LogP) is 2.94. The van der Waals surface area contributed by atoms with Gasteiger partial charge in [-0.1, -0.05) is 24.6 Å². The minimum atomic E-state index is -3.62. The summed E-state index contributed by atoms with van der Waals surface area (Å²) in [5.74, 6) is 0.286. The van der Waals surface area contributed by atoms with Crippen LogP contribution in [-0.2, 0) is 16.6 Å². The van der Waals surface area contributed by atoms with E-state index in [9.17, 15) is 13.2 Å². The van der Waals surface area contributed by atoms with Crippen LogP contribution in [0.2, 0.25) is 0 Å². The number of furan rings is 1. The SMILES string of the molecule is CC[C@H](C)NC(=O)c1ccc(CN(C)S(=O)(=O)c2ccc(C)cc2)o1. The molecule has 0 aliphatic heterocycles. The lowest BCUT2D eigenvalue weighted by Gasteiger charge is -2.16. The van der Waals surface area contributed by atoms with Crippen molar-refractivity contribution in [1.29, 1.82) is 0 Å². The molecule has 0 aliphatic carbocycles. The largest absolute Gasteiger partial charge is 0.455 e. The van der Waals surface area contributed by atoms with Crippen LogP contribution in [0.5, 0.6) is 0 Å². The second-order valence-corrected chi connectivity index (χ2v) is 8.17. The van der Waals surface area contributed by atoms with Gasteiger partial charge in [-0.05, 0) is 44.5 Å². The summed E-state index contributed by atoms with van der Waals surface area (Å²) in [6.07, 6.45) is 0.816. The molecule has 7 heteroatoms. The fourth-order valence-electron chi connectivity index (χ4n) is 2.18. The number of hydrogen-bond acceptors (Lipinski definition) is 4. The molecule has 136 valence electrons. The van der Waals surface area contributed by atoms with E-state index < -0.39 is 10.0 Å². The third kappa shape index (κ3) is 4.70. The average molecular weight is 364 g/mol. The molecule has 2 aromatic rings. The van der Waals surface area contributed by atoms with Crippen molar-refractivity contribution in [3.8, 4) is 0 Å². The molecule has 6 nitrogen and oxygen atoms in total. The Morgan fingerprint density at radius 1 is 1.20 bits per heavy atom. The summed E-state index contributed by atoms with van der Waals surface area (Å²) in [6, 6.07) is 9.88. The van der Waals surface area contributed by atoms with Crippen LogP contribution in [-0.4, -0.2) is 31.7 Å². The van der Waals surface area contributed by atoms with Gasteiger partial charge in [0.25, 0.3) is 5.91 Å². The fourth-order valence-corrected chi connectivity index (χ4v) is 3.31. The predicted molar refractivity (Wildman–Crippen MR) is 95.8 cm³/mol. The summed E-state index contributed by atoms with van der Waals surface area (Å²) in [7, 11) is -2.13. The lowest BCUT2D eigenvalue weighted by Crippen LogP contribution is -2.31. The number of carbonyl (C=O) groups is 1. The molecule has 0 saturated carbocycles. The first-order valence-corrected chi connectivity index (χ1v) is 9.60. The molecule has 1 N–H and O–H groups in total. The molecule has 1 atom stereocenters. The maximum absolute atomic E-state index is 12.6. The number of amides is 1. The Morgan fingerprint density at radius 2 is 1.84 bits per heavy atom. The molecular weight excluding hydrogens is 340 g/mol. The van der Waals surface area contributed by atoms with Gasteiger partial charge < -0.3 is 9.73 Å². The van der Waals surface area contributed by atoms with Gasteiger partial charge in [-0.3, -0.25) is 4.79 Å². The minimum absolute atomic E-state index is 0.0469. The van der Waals surface area contributed by atoms with E-state index in [0.717, 1.165) is 12.0 Å². The van der Waals surface area contributed by atoms with Crippen molar-refractivity contribution in [2.45, 2.75) is 44.7 Å². The average Bonchev–Trinajstić information content (AvgIpc) is 3.03. The molecule has 0 radical (unpaired) electrons. The Bertz CT molecular complexity index is 825. The van der Waals surface area contributed by atoms with Gasteiger partial charge in [0.2, 0.25) is 10.0 Å². The van der Waals surface area contributed by atoms with Gasteiger partial charge >= 0.3 is 0 Å². The van der Waals surface area contributed by atoms with Crippen LogP contribution in [0.1, 0.15) is 42.1 Å². The van der Waals surface area contributed by atoms with Crippen LogP contribution < -0.4 is 5.32 Å². The molecule has 0 bridgehead atoms. The third-order valence-corrected chi connectivity index (χ3v) is 5.80. The van der Waals surface area contributed by atoms with Crippen molar-refractivity contribution in [3.05, 3.63) is 53.5 Å². The van der Waals surface area contributed by atoms with Gasteiger partial charge in [-0.15, -0.1) is 0 Å². The number of carbonyl (C=O) groups excluding carboxylic acids is 1. The van der Waals surface area contributed by atoms with Crippen molar-refractivity contribution in [2.24, 2.45) is 0 Å². The maximum atomic E-state index is 12.6. The van der Waals surface area contributed by atoms with Crippen LogP contribution in [0.4, 0.5) is 0 Å². The lowest BCUT2D eigenvalue weighted by atomic mass is 10.2. The van der Waals surface area contributed by atoms with E-state index >= 15 is 0 Å². The van der Waals surface area contributed by atoms with Gasteiger partial charge in [0.1, 0.15) is 5.76 Å². The summed E-state index contributed by atoms with van der Waals surface area (Å²) in [5.41, 5.74) is 0.990. The van der Waals surface area contributed by atoms with Gasteiger partial charge in [-0.25, -0.2) is 8.42 Å². The van der Waals surface area contributed by atoms with Crippen molar-refractivity contribution < 1.29 is 17.6 Å². The quantitative estimate of drug-likeness (QED) is 0.819. The van der Waals surface area contributed by atoms with Gasteiger partial charge in [-0.2, -0.15) is 4.31 Å². The Kier molecular flexibility index (Phi) is 6.02. The lowest BCUT2D eigenvalue weighted by molar-refractivity contribution is 0.0909. The zero-order valence-corrected chi connectivity index (χ0v) is 15.8. The Hall–Kier alpha value is -2.12. The molecule has 0 fully saturated rings. The number of rotatable bonds is 7. The Labute approximate surface area is 148 Å². The van der Waals surface area contributed by atoms with E-state index in [2.05, 4.69) is 5.32 Å². The highest BCUT2D eigenvalue weighted by atomic mass is 32.2. The van der Waals surface area contributed by atoms with Crippen LogP contribution in [0, 0.1) is 6.92 Å². The summed E-state index contributed by atoms with van der Waals surface area (Å²) in [4.78, 5) is 12.3. The minimum Gasteiger partial charge on any atom is -0.455 e. The zero-order valence-electron chi connectivity index (χ0n) is 14.9. The van der Waals surface area contributed by atoms with Crippen LogP contribution in [0.15, 0.2) is 45.7 Å². The van der Waals surface area contributed by atoms with Gasteiger partial charge in [0, 0.05) is 13.1 Å². The van der Waals surface area contributed by atoms with Crippen molar-refractivity contribution >= 4 is 15.9 Å². The molecule has 0 spiro atoms. The van der Waals surface area contributed by atoms with Crippen LogP contribution in [0.3, 0.4) is 0 Å². The molecule has 1 aromatic heterocycles. The second kappa shape index (κ2) is 7.84. The van der Waals surface area contributed by atoms with E-state index in [4.69, 9.17) is 4.42 Å².